The predicted octanol–water partition coefficient (Wildman–Crippen LogP) is 2.13. The first-order valence-electron chi connectivity index (χ1n) is 9.21. The third-order valence-electron chi connectivity index (χ3n) is 4.55. The Morgan fingerprint density at radius 2 is 1.47 bits per heavy atom. The fourth-order valence-electron chi connectivity index (χ4n) is 2.94. The van der Waals surface area contributed by atoms with Gasteiger partial charge in [0.2, 0.25) is 21.7 Å². The molecule has 2 aromatic rings. The minimum absolute atomic E-state index is 0.128. The zero-order chi connectivity index (χ0) is 22.3. The fourth-order valence-corrected chi connectivity index (χ4v) is 3.67. The molecule has 1 amide bonds. The van der Waals surface area contributed by atoms with Gasteiger partial charge in [0, 0.05) is 20.1 Å². The van der Waals surface area contributed by atoms with Crippen molar-refractivity contribution in [2.45, 2.75) is 13.1 Å². The second-order valence-electron chi connectivity index (χ2n) is 6.80. The topological polar surface area (TPSA) is 85.4 Å². The molecule has 2 rings (SSSR count). The van der Waals surface area contributed by atoms with Gasteiger partial charge in [-0.2, -0.15) is 4.31 Å². The standard InChI is InChI=1S/C21H28N2O6S/c1-22(13-17-11-18(27-2)21(29-4)19(12-17)28-3)20(24)15-23(30(5,25)26)14-16-9-7-6-8-10-16/h6-12H,13-15H2,1-5H3. The van der Waals surface area contributed by atoms with Gasteiger partial charge in [0.15, 0.2) is 11.5 Å². The van der Waals surface area contributed by atoms with E-state index in [9.17, 15) is 13.2 Å². The van der Waals surface area contributed by atoms with Crippen LogP contribution in [0.2, 0.25) is 0 Å². The Hall–Kier alpha value is -2.78. The first-order chi connectivity index (χ1) is 14.2. The van der Waals surface area contributed by atoms with Crippen LogP contribution >= 0.6 is 0 Å². The lowest BCUT2D eigenvalue weighted by Crippen LogP contribution is -2.40. The smallest absolute Gasteiger partial charge is 0.237 e. The third kappa shape index (κ3) is 6.11. The van der Waals surface area contributed by atoms with Gasteiger partial charge in [-0.15, -0.1) is 0 Å². The van der Waals surface area contributed by atoms with Gasteiger partial charge >= 0.3 is 0 Å². The molecule has 9 heteroatoms. The minimum atomic E-state index is -3.57. The van der Waals surface area contributed by atoms with Gasteiger partial charge in [0.05, 0.1) is 34.1 Å². The molecule has 164 valence electrons. The minimum Gasteiger partial charge on any atom is -0.493 e. The number of ether oxygens (including phenoxy) is 3. The van der Waals surface area contributed by atoms with Gasteiger partial charge in [0.1, 0.15) is 0 Å². The summed E-state index contributed by atoms with van der Waals surface area (Å²) in [5, 5.41) is 0. The molecular weight excluding hydrogens is 408 g/mol. The van der Waals surface area contributed by atoms with Crippen LogP contribution in [0.5, 0.6) is 17.2 Å². The Morgan fingerprint density at radius 3 is 1.93 bits per heavy atom. The van der Waals surface area contributed by atoms with Crippen LogP contribution in [0.15, 0.2) is 42.5 Å². The first-order valence-corrected chi connectivity index (χ1v) is 11.1. The molecule has 30 heavy (non-hydrogen) atoms. The summed E-state index contributed by atoms with van der Waals surface area (Å²) in [4.78, 5) is 14.2. The molecular formula is C21H28N2O6S. The van der Waals surface area contributed by atoms with E-state index in [1.165, 1.54) is 26.2 Å². The van der Waals surface area contributed by atoms with Gasteiger partial charge in [0.25, 0.3) is 0 Å². The number of hydrogen-bond acceptors (Lipinski definition) is 6. The van der Waals surface area contributed by atoms with E-state index in [1.54, 1.807) is 19.2 Å². The van der Waals surface area contributed by atoms with E-state index in [0.717, 1.165) is 21.7 Å². The summed E-state index contributed by atoms with van der Waals surface area (Å²) in [7, 11) is 2.60. The number of carbonyl (C=O) groups is 1. The van der Waals surface area contributed by atoms with Crippen molar-refractivity contribution in [1.82, 2.24) is 9.21 Å². The number of hydrogen-bond donors (Lipinski definition) is 0. The molecule has 0 aliphatic carbocycles. The molecule has 0 N–H and O–H groups in total. The maximum atomic E-state index is 12.8. The lowest BCUT2D eigenvalue weighted by atomic mass is 10.1. The van der Waals surface area contributed by atoms with Crippen molar-refractivity contribution in [3.05, 3.63) is 53.6 Å². The van der Waals surface area contributed by atoms with Crippen molar-refractivity contribution in [3.63, 3.8) is 0 Å². The summed E-state index contributed by atoms with van der Waals surface area (Å²) in [5.41, 5.74) is 1.57. The highest BCUT2D eigenvalue weighted by Crippen LogP contribution is 2.38. The Balaban J connectivity index is 2.16. The largest absolute Gasteiger partial charge is 0.493 e. The molecule has 0 heterocycles. The van der Waals surface area contributed by atoms with E-state index < -0.39 is 10.0 Å². The summed E-state index contributed by atoms with van der Waals surface area (Å²) < 4.78 is 41.5. The monoisotopic (exact) mass is 436 g/mol. The van der Waals surface area contributed by atoms with Crippen molar-refractivity contribution in [2.24, 2.45) is 0 Å². The highest BCUT2D eigenvalue weighted by molar-refractivity contribution is 7.88. The van der Waals surface area contributed by atoms with Crippen LogP contribution in [0, 0.1) is 0 Å². The molecule has 0 radical (unpaired) electrons. The summed E-state index contributed by atoms with van der Waals surface area (Å²) >= 11 is 0. The summed E-state index contributed by atoms with van der Waals surface area (Å²) in [5.74, 6) is 1.10. The number of benzene rings is 2. The van der Waals surface area contributed by atoms with Crippen molar-refractivity contribution in [1.29, 1.82) is 0 Å². The second kappa shape index (κ2) is 10.3. The normalized spacial score (nSPS) is 11.3. The molecule has 0 unspecified atom stereocenters. The number of nitrogens with zero attached hydrogens (tertiary/aromatic N) is 2. The zero-order valence-corrected chi connectivity index (χ0v) is 18.7. The van der Waals surface area contributed by atoms with E-state index in [-0.39, 0.29) is 25.5 Å². The third-order valence-corrected chi connectivity index (χ3v) is 5.75. The van der Waals surface area contributed by atoms with Crippen molar-refractivity contribution >= 4 is 15.9 Å². The Morgan fingerprint density at radius 1 is 0.900 bits per heavy atom. The Bertz CT molecular complexity index is 938. The Kier molecular flexibility index (Phi) is 8.08. The molecule has 0 aliphatic rings. The number of amides is 1. The first kappa shape index (κ1) is 23.5. The van der Waals surface area contributed by atoms with Crippen LogP contribution in [-0.2, 0) is 27.9 Å². The average molecular weight is 437 g/mol. The summed E-state index contributed by atoms with van der Waals surface area (Å²) in [6, 6.07) is 12.7. The van der Waals surface area contributed by atoms with Crippen LogP contribution in [0.1, 0.15) is 11.1 Å². The van der Waals surface area contributed by atoms with E-state index in [1.807, 2.05) is 30.3 Å². The zero-order valence-electron chi connectivity index (χ0n) is 17.9. The van der Waals surface area contributed by atoms with Crippen LogP contribution in [-0.4, -0.2) is 64.7 Å². The number of likely N-dealkylation sites (N-methyl/N-ethyl adjacent to an activating group) is 1. The number of carbonyl (C=O) groups excluding carboxylic acids is 1. The van der Waals surface area contributed by atoms with Crippen molar-refractivity contribution in [3.8, 4) is 17.2 Å². The molecule has 0 aromatic heterocycles. The lowest BCUT2D eigenvalue weighted by molar-refractivity contribution is -0.130. The predicted molar refractivity (Wildman–Crippen MR) is 114 cm³/mol. The van der Waals surface area contributed by atoms with Gasteiger partial charge in [-0.25, -0.2) is 8.42 Å². The Labute approximate surface area is 178 Å². The van der Waals surface area contributed by atoms with E-state index in [4.69, 9.17) is 14.2 Å². The summed E-state index contributed by atoms with van der Waals surface area (Å²) in [6.07, 6.45) is 1.10. The van der Waals surface area contributed by atoms with E-state index in [0.29, 0.717) is 17.2 Å². The highest BCUT2D eigenvalue weighted by atomic mass is 32.2. The lowest BCUT2D eigenvalue weighted by Gasteiger charge is -2.24. The quantitative estimate of drug-likeness (QED) is 0.567. The van der Waals surface area contributed by atoms with Crippen LogP contribution in [0.25, 0.3) is 0 Å². The van der Waals surface area contributed by atoms with Crippen molar-refractivity contribution in [2.75, 3.05) is 41.2 Å². The molecule has 0 atom stereocenters. The van der Waals surface area contributed by atoms with Gasteiger partial charge in [-0.1, -0.05) is 30.3 Å². The summed E-state index contributed by atoms with van der Waals surface area (Å²) in [6.45, 7) is 0.122. The molecule has 0 spiro atoms. The number of sulfonamides is 1. The van der Waals surface area contributed by atoms with Gasteiger partial charge in [-0.3, -0.25) is 4.79 Å². The molecule has 2 aromatic carbocycles. The second-order valence-corrected chi connectivity index (χ2v) is 8.78. The fraction of sp³-hybridized carbons (Fsp3) is 0.381. The molecule has 8 nitrogen and oxygen atoms in total. The van der Waals surface area contributed by atoms with Crippen LogP contribution in [0.3, 0.4) is 0 Å². The van der Waals surface area contributed by atoms with Crippen LogP contribution in [0.4, 0.5) is 0 Å². The van der Waals surface area contributed by atoms with Gasteiger partial charge in [-0.05, 0) is 23.3 Å². The van der Waals surface area contributed by atoms with Crippen molar-refractivity contribution < 1.29 is 27.4 Å². The van der Waals surface area contributed by atoms with Gasteiger partial charge < -0.3 is 19.1 Å². The molecule has 0 fully saturated rings. The van der Waals surface area contributed by atoms with Crippen LogP contribution < -0.4 is 14.2 Å². The maximum Gasteiger partial charge on any atom is 0.237 e. The highest BCUT2D eigenvalue weighted by Gasteiger charge is 2.23. The SMILES string of the molecule is COc1cc(CN(C)C(=O)CN(Cc2ccccc2)S(C)(=O)=O)cc(OC)c1OC. The molecule has 0 aliphatic heterocycles. The number of methoxy groups -OCH3 is 3. The van der Waals surface area contributed by atoms with E-state index >= 15 is 0 Å². The maximum absolute atomic E-state index is 12.8. The molecule has 0 saturated carbocycles. The number of rotatable bonds is 10. The molecule has 0 saturated heterocycles. The van der Waals surface area contributed by atoms with E-state index in [2.05, 4.69) is 0 Å². The molecule has 0 bridgehead atoms. The average Bonchev–Trinajstić information content (AvgIpc) is 2.72.